The van der Waals surface area contributed by atoms with Crippen LogP contribution in [0.5, 0.6) is 0 Å². The van der Waals surface area contributed by atoms with Crippen molar-refractivity contribution in [2.45, 2.75) is 56.3 Å². The Labute approximate surface area is 214 Å². The predicted octanol–water partition coefficient (Wildman–Crippen LogP) is -3.78. The molecule has 0 unspecified atom stereocenters. The second-order valence-corrected chi connectivity index (χ2v) is 8.29. The third kappa shape index (κ3) is 13.8. The number of unbranched alkanes of at least 4 members (excludes halogenated alkanes) is 1. The van der Waals surface area contributed by atoms with E-state index in [0.29, 0.717) is 19.4 Å². The smallest absolute Gasteiger partial charge is 0.327 e. The van der Waals surface area contributed by atoms with Crippen molar-refractivity contribution >= 4 is 60.8 Å². The Bertz CT molecular complexity index is 757. The van der Waals surface area contributed by atoms with Crippen molar-refractivity contribution in [3.63, 3.8) is 0 Å². The number of aliphatic carboxylic acids is 1. The zero-order valence-corrected chi connectivity index (χ0v) is 21.0. The van der Waals surface area contributed by atoms with Crippen LogP contribution in [0.3, 0.4) is 0 Å². The molecule has 0 aliphatic heterocycles. The van der Waals surface area contributed by atoms with Gasteiger partial charge in [0.25, 0.3) is 0 Å². The Morgan fingerprint density at radius 2 is 1.40 bits per heavy atom. The summed E-state index contributed by atoms with van der Waals surface area (Å²) in [7, 11) is 0. The first-order valence-corrected chi connectivity index (χ1v) is 12.1. The topological polar surface area (TPSA) is 249 Å². The molecule has 0 aliphatic rings. The minimum atomic E-state index is -1.28. The molecule has 0 radical (unpaired) electrons. The second-order valence-electron chi connectivity index (χ2n) is 7.56. The number of carbonyl (C=O) groups excluding carboxylic acids is 5. The average molecular weight is 538 g/mol. The van der Waals surface area contributed by atoms with E-state index in [1.165, 1.54) is 0 Å². The van der Waals surface area contributed by atoms with Crippen molar-refractivity contribution in [1.82, 2.24) is 21.3 Å². The summed E-state index contributed by atoms with van der Waals surface area (Å²) in [6.07, 6.45) is 1.15. The summed E-state index contributed by atoms with van der Waals surface area (Å²) in [5.74, 6) is -5.01. The standard InChI is InChI=1S/C19H35N7O7S2/c20-6-2-1-3-11(18(31)26-13(9-35)19(32)33)24-15(28)7-23-17(30)12(8-34)25-16(29)10(21)4-5-14(22)27/h10-13,34-35H,1-9,20-21H2,(H2,22,27)(H,23,30)(H,24,28)(H,25,29)(H,26,31)(H,32,33)/t10-,11-,12-,13-/m0/s1. The molecule has 0 bridgehead atoms. The van der Waals surface area contributed by atoms with E-state index in [9.17, 15) is 28.8 Å². The highest BCUT2D eigenvalue weighted by Gasteiger charge is 2.27. The Hall–Kier alpha value is -2.56. The largest absolute Gasteiger partial charge is 0.480 e. The van der Waals surface area contributed by atoms with E-state index in [-0.39, 0.29) is 30.8 Å². The second kappa shape index (κ2) is 17.8. The summed E-state index contributed by atoms with van der Waals surface area (Å²) < 4.78 is 0. The van der Waals surface area contributed by atoms with Crippen molar-refractivity contribution < 1.29 is 33.9 Å². The fourth-order valence-corrected chi connectivity index (χ4v) is 3.16. The fraction of sp³-hybridized carbons (Fsp3) is 0.684. The van der Waals surface area contributed by atoms with Gasteiger partial charge in [-0.2, -0.15) is 25.3 Å². The van der Waals surface area contributed by atoms with E-state index in [4.69, 9.17) is 22.3 Å². The lowest BCUT2D eigenvalue weighted by Crippen LogP contribution is -2.55. The van der Waals surface area contributed by atoms with Crippen molar-refractivity contribution in [3.05, 3.63) is 0 Å². The maximum absolute atomic E-state index is 12.5. The summed E-state index contributed by atoms with van der Waals surface area (Å²) in [5, 5.41) is 18.5. The van der Waals surface area contributed by atoms with Gasteiger partial charge < -0.3 is 43.6 Å². The van der Waals surface area contributed by atoms with Gasteiger partial charge in [-0.15, -0.1) is 0 Å². The van der Waals surface area contributed by atoms with Gasteiger partial charge in [-0.25, -0.2) is 4.79 Å². The molecule has 0 aromatic carbocycles. The first-order valence-electron chi connectivity index (χ1n) is 10.8. The van der Waals surface area contributed by atoms with Gasteiger partial charge in [-0.3, -0.25) is 24.0 Å². The number of thiol groups is 2. The van der Waals surface area contributed by atoms with Crippen LogP contribution in [0.4, 0.5) is 0 Å². The molecule has 0 fully saturated rings. The number of rotatable bonds is 18. The number of carboxylic acids is 1. The highest BCUT2D eigenvalue weighted by Crippen LogP contribution is 2.03. The molecule has 0 rings (SSSR count). The van der Waals surface area contributed by atoms with Crippen LogP contribution in [0.2, 0.25) is 0 Å². The molecule has 0 heterocycles. The van der Waals surface area contributed by atoms with Crippen molar-refractivity contribution in [2.75, 3.05) is 24.6 Å². The lowest BCUT2D eigenvalue weighted by Gasteiger charge is -2.22. The van der Waals surface area contributed by atoms with Crippen LogP contribution in [0.25, 0.3) is 0 Å². The maximum Gasteiger partial charge on any atom is 0.327 e. The third-order valence-electron chi connectivity index (χ3n) is 4.67. The molecule has 0 saturated carbocycles. The summed E-state index contributed by atoms with van der Waals surface area (Å²) in [4.78, 5) is 71.2. The third-order valence-corrected chi connectivity index (χ3v) is 5.40. The minimum Gasteiger partial charge on any atom is -0.480 e. The van der Waals surface area contributed by atoms with Gasteiger partial charge in [-0.05, 0) is 32.2 Å². The van der Waals surface area contributed by atoms with Crippen LogP contribution in [0.1, 0.15) is 32.1 Å². The lowest BCUT2D eigenvalue weighted by molar-refractivity contribution is -0.141. The van der Waals surface area contributed by atoms with Crippen LogP contribution in [0, 0.1) is 0 Å². The molecule has 35 heavy (non-hydrogen) atoms. The number of nitrogens with one attached hydrogen (secondary N) is 4. The number of nitrogens with two attached hydrogens (primary N) is 3. The van der Waals surface area contributed by atoms with E-state index >= 15 is 0 Å². The Kier molecular flexibility index (Phi) is 16.5. The molecule has 0 saturated heterocycles. The van der Waals surface area contributed by atoms with E-state index < -0.39 is 66.2 Å². The van der Waals surface area contributed by atoms with Gasteiger partial charge in [0.05, 0.1) is 12.6 Å². The summed E-state index contributed by atoms with van der Waals surface area (Å²) in [6, 6.07) is -4.49. The van der Waals surface area contributed by atoms with Gasteiger partial charge >= 0.3 is 5.97 Å². The molecule has 16 heteroatoms. The van der Waals surface area contributed by atoms with Crippen LogP contribution < -0.4 is 38.5 Å². The highest BCUT2D eigenvalue weighted by molar-refractivity contribution is 7.80. The van der Waals surface area contributed by atoms with E-state index in [1.807, 2.05) is 0 Å². The Morgan fingerprint density at radius 1 is 0.800 bits per heavy atom. The summed E-state index contributed by atoms with van der Waals surface area (Å²) >= 11 is 7.89. The van der Waals surface area contributed by atoms with Crippen molar-refractivity contribution in [3.8, 4) is 0 Å². The molecule has 0 aliphatic carbocycles. The minimum absolute atomic E-state index is 0.00591. The molecule has 0 spiro atoms. The molecule has 14 nitrogen and oxygen atoms in total. The van der Waals surface area contributed by atoms with Crippen LogP contribution >= 0.6 is 25.3 Å². The predicted molar refractivity (Wildman–Crippen MR) is 133 cm³/mol. The number of hydrogen-bond donors (Lipinski definition) is 10. The van der Waals surface area contributed by atoms with Crippen molar-refractivity contribution in [1.29, 1.82) is 0 Å². The van der Waals surface area contributed by atoms with Gasteiger partial charge in [0.2, 0.25) is 29.5 Å². The first-order chi connectivity index (χ1) is 16.5. The lowest BCUT2D eigenvalue weighted by atomic mass is 10.1. The van der Waals surface area contributed by atoms with Crippen LogP contribution in [-0.2, 0) is 28.8 Å². The Balaban J connectivity index is 4.92. The fourth-order valence-electron chi connectivity index (χ4n) is 2.66. The van der Waals surface area contributed by atoms with Crippen molar-refractivity contribution in [2.24, 2.45) is 17.2 Å². The van der Waals surface area contributed by atoms with E-state index in [0.717, 1.165) is 0 Å². The van der Waals surface area contributed by atoms with Gasteiger partial charge in [0.1, 0.15) is 18.1 Å². The quantitative estimate of drug-likeness (QED) is 0.0607. The molecular weight excluding hydrogens is 502 g/mol. The van der Waals surface area contributed by atoms with Gasteiger partial charge in [-0.1, -0.05) is 0 Å². The van der Waals surface area contributed by atoms with Crippen LogP contribution in [-0.4, -0.2) is 89.4 Å². The van der Waals surface area contributed by atoms with Crippen LogP contribution in [0.15, 0.2) is 0 Å². The number of hydrogen-bond acceptors (Lipinski definition) is 10. The number of carbonyl (C=O) groups is 6. The molecular formula is C19H35N7O7S2. The monoisotopic (exact) mass is 537 g/mol. The number of amides is 5. The molecule has 200 valence electrons. The molecule has 0 aromatic rings. The van der Waals surface area contributed by atoms with Gasteiger partial charge in [0.15, 0.2) is 0 Å². The first kappa shape index (κ1) is 32.4. The maximum atomic E-state index is 12.5. The number of carboxylic acid groups (broad SMARTS) is 1. The molecule has 5 amide bonds. The average Bonchev–Trinajstić information content (AvgIpc) is 2.81. The van der Waals surface area contributed by atoms with Gasteiger partial charge in [0, 0.05) is 17.9 Å². The van der Waals surface area contributed by atoms with E-state index in [1.54, 1.807) is 0 Å². The zero-order chi connectivity index (χ0) is 27.0. The Morgan fingerprint density at radius 3 is 1.91 bits per heavy atom. The highest BCUT2D eigenvalue weighted by atomic mass is 32.1. The summed E-state index contributed by atoms with van der Waals surface area (Å²) in [6.45, 7) is -0.155. The van der Waals surface area contributed by atoms with E-state index in [2.05, 4.69) is 46.5 Å². The molecule has 11 N–H and O–H groups in total. The molecule has 0 aromatic heterocycles. The summed E-state index contributed by atoms with van der Waals surface area (Å²) in [5.41, 5.74) is 16.1. The zero-order valence-electron chi connectivity index (χ0n) is 19.2. The number of primary amides is 1. The molecule has 4 atom stereocenters. The normalized spacial score (nSPS) is 14.1. The SMILES string of the molecule is NCCCC[C@H](NC(=O)CNC(=O)[C@H](CS)NC(=O)[C@@H](N)CCC(N)=O)C(=O)N[C@@H](CS)C(=O)O.